The predicted molar refractivity (Wildman–Crippen MR) is 69.2 cm³/mol. The number of esters is 1. The van der Waals surface area contributed by atoms with Crippen LogP contribution in [0.15, 0.2) is 18.3 Å². The van der Waals surface area contributed by atoms with Crippen molar-refractivity contribution in [3.63, 3.8) is 0 Å². The van der Waals surface area contributed by atoms with Gasteiger partial charge in [-0.1, -0.05) is 5.21 Å². The van der Waals surface area contributed by atoms with Crippen LogP contribution in [0.3, 0.4) is 0 Å². The van der Waals surface area contributed by atoms with Crippen molar-refractivity contribution < 1.29 is 22.7 Å². The van der Waals surface area contributed by atoms with E-state index in [4.69, 9.17) is 0 Å². The third-order valence-electron chi connectivity index (χ3n) is 2.58. The smallest absolute Gasteiger partial charge is 0.437 e. The van der Waals surface area contributed by atoms with Crippen molar-refractivity contribution in [1.29, 1.82) is 0 Å². The molecule has 21 heavy (non-hydrogen) atoms. The van der Waals surface area contributed by atoms with Crippen LogP contribution in [-0.2, 0) is 10.9 Å². The zero-order chi connectivity index (χ0) is 15.6. The van der Waals surface area contributed by atoms with E-state index in [1.807, 2.05) is 0 Å². The molecule has 6 nitrogen and oxygen atoms in total. The number of pyridine rings is 1. The van der Waals surface area contributed by atoms with Crippen LogP contribution in [0.25, 0.3) is 11.3 Å². The molecule has 112 valence electrons. The summed E-state index contributed by atoms with van der Waals surface area (Å²) in [6.45, 7) is 1.67. The Labute approximate surface area is 119 Å². The summed E-state index contributed by atoms with van der Waals surface area (Å²) in [5, 5.41) is 6.68. The monoisotopic (exact) mass is 318 g/mol. The van der Waals surface area contributed by atoms with Crippen LogP contribution in [0.1, 0.15) is 16.2 Å². The van der Waals surface area contributed by atoms with Gasteiger partial charge in [-0.15, -0.1) is 5.10 Å². The summed E-state index contributed by atoms with van der Waals surface area (Å²) < 4.78 is 44.6. The summed E-state index contributed by atoms with van der Waals surface area (Å²) in [4.78, 5) is 15.2. The molecular weight excluding hydrogens is 308 g/mol. The SMILES string of the molecule is COC(=O)c1cc(-c2c(C(F)(F)F)nnn2PC)ccn1. The van der Waals surface area contributed by atoms with Crippen molar-refractivity contribution in [2.45, 2.75) is 6.18 Å². The lowest BCUT2D eigenvalue weighted by Crippen LogP contribution is -2.09. The lowest BCUT2D eigenvalue weighted by Gasteiger charge is -2.09. The number of nitrogens with zero attached hydrogens (tertiary/aromatic N) is 4. The van der Waals surface area contributed by atoms with E-state index in [9.17, 15) is 18.0 Å². The third-order valence-corrected chi connectivity index (χ3v) is 3.32. The summed E-state index contributed by atoms with van der Waals surface area (Å²) in [6, 6.07) is 2.58. The quantitative estimate of drug-likeness (QED) is 0.641. The van der Waals surface area contributed by atoms with Gasteiger partial charge in [-0.3, -0.25) is 0 Å². The highest BCUT2D eigenvalue weighted by Crippen LogP contribution is 2.37. The number of rotatable bonds is 3. The Morgan fingerprint density at radius 3 is 2.71 bits per heavy atom. The third kappa shape index (κ3) is 3.02. The fourth-order valence-corrected chi connectivity index (χ4v) is 2.28. The lowest BCUT2D eigenvalue weighted by molar-refractivity contribution is -0.140. The second-order valence-electron chi connectivity index (χ2n) is 3.84. The van der Waals surface area contributed by atoms with Crippen LogP contribution in [0, 0.1) is 0 Å². The first-order chi connectivity index (χ1) is 9.88. The number of halogens is 3. The minimum atomic E-state index is -4.64. The van der Waals surface area contributed by atoms with E-state index in [-0.39, 0.29) is 25.7 Å². The Kier molecular flexibility index (Phi) is 4.22. The molecule has 0 bridgehead atoms. The molecule has 0 aromatic carbocycles. The van der Waals surface area contributed by atoms with E-state index in [0.29, 0.717) is 0 Å². The molecule has 0 aliphatic rings. The van der Waals surface area contributed by atoms with E-state index in [2.05, 4.69) is 20.0 Å². The maximum absolute atomic E-state index is 13.0. The summed E-state index contributed by atoms with van der Waals surface area (Å²) in [7, 11) is 1.12. The van der Waals surface area contributed by atoms with Gasteiger partial charge in [0.15, 0.2) is 5.69 Å². The molecule has 10 heteroatoms. The van der Waals surface area contributed by atoms with Crippen molar-refractivity contribution in [3.8, 4) is 11.3 Å². The first-order valence-corrected chi connectivity index (χ1v) is 7.08. The summed E-state index contributed by atoms with van der Waals surface area (Å²) >= 11 is 0. The summed E-state index contributed by atoms with van der Waals surface area (Å²) in [5.74, 6) is -0.733. The Morgan fingerprint density at radius 2 is 2.14 bits per heavy atom. The van der Waals surface area contributed by atoms with E-state index < -0.39 is 17.8 Å². The maximum atomic E-state index is 13.0. The first kappa shape index (κ1) is 15.4. The van der Waals surface area contributed by atoms with Gasteiger partial charge in [0.2, 0.25) is 0 Å². The van der Waals surface area contributed by atoms with E-state index >= 15 is 0 Å². The second kappa shape index (κ2) is 5.77. The molecule has 1 unspecified atom stereocenters. The lowest BCUT2D eigenvalue weighted by atomic mass is 10.1. The highest BCUT2D eigenvalue weighted by molar-refractivity contribution is 7.35. The Hall–Kier alpha value is -2.02. The molecule has 0 saturated heterocycles. The van der Waals surface area contributed by atoms with Gasteiger partial charge in [-0.2, -0.15) is 13.2 Å². The normalized spacial score (nSPS) is 12.0. The number of hydrogen-bond acceptors (Lipinski definition) is 5. The van der Waals surface area contributed by atoms with Gasteiger partial charge in [0.05, 0.1) is 7.11 Å². The van der Waals surface area contributed by atoms with Crippen LogP contribution in [-0.4, -0.2) is 39.5 Å². The molecule has 0 saturated carbocycles. The average molecular weight is 318 g/mol. The van der Waals surface area contributed by atoms with Gasteiger partial charge in [-0.25, -0.2) is 14.2 Å². The fourth-order valence-electron chi connectivity index (χ4n) is 1.68. The molecule has 0 N–H and O–H groups in total. The molecule has 1 atom stereocenters. The highest BCUT2D eigenvalue weighted by atomic mass is 31.1. The number of carbonyl (C=O) groups is 1. The number of methoxy groups -OCH3 is 1. The van der Waals surface area contributed by atoms with Crippen LogP contribution in [0.5, 0.6) is 0 Å². The van der Waals surface area contributed by atoms with Crippen molar-refractivity contribution in [2.24, 2.45) is 0 Å². The molecule has 0 spiro atoms. The van der Waals surface area contributed by atoms with Crippen LogP contribution in [0.4, 0.5) is 13.2 Å². The van der Waals surface area contributed by atoms with Gasteiger partial charge in [0, 0.05) is 20.5 Å². The summed E-state index contributed by atoms with van der Waals surface area (Å²) in [6.07, 6.45) is -3.40. The van der Waals surface area contributed by atoms with Gasteiger partial charge in [0.1, 0.15) is 11.4 Å². The number of carbonyl (C=O) groups excluding carboxylic acids is 1. The van der Waals surface area contributed by atoms with Gasteiger partial charge < -0.3 is 4.74 Å². The van der Waals surface area contributed by atoms with Crippen molar-refractivity contribution >= 4 is 14.7 Å². The van der Waals surface area contributed by atoms with Crippen LogP contribution < -0.4 is 0 Å². The van der Waals surface area contributed by atoms with Crippen molar-refractivity contribution in [1.82, 2.24) is 19.7 Å². The molecule has 2 aromatic rings. The zero-order valence-electron chi connectivity index (χ0n) is 11.0. The molecule has 0 amide bonds. The number of ether oxygens (including phenoxy) is 1. The number of hydrogen-bond donors (Lipinski definition) is 0. The second-order valence-corrected chi connectivity index (χ2v) is 4.71. The molecule has 0 radical (unpaired) electrons. The van der Waals surface area contributed by atoms with Crippen molar-refractivity contribution in [3.05, 3.63) is 29.7 Å². The Bertz CT molecular complexity index is 672. The van der Waals surface area contributed by atoms with E-state index in [1.54, 1.807) is 6.66 Å². The molecule has 2 rings (SSSR count). The molecular formula is C11H10F3N4O2P. The first-order valence-electron chi connectivity index (χ1n) is 5.64. The molecule has 0 aliphatic heterocycles. The zero-order valence-corrected chi connectivity index (χ0v) is 12.0. The molecule has 0 aliphatic carbocycles. The molecule has 2 aromatic heterocycles. The minimum absolute atomic E-state index is 0.0477. The number of aromatic nitrogens is 4. The topological polar surface area (TPSA) is 69.9 Å². The average Bonchev–Trinajstić information content (AvgIpc) is 2.90. The Balaban J connectivity index is 2.61. The van der Waals surface area contributed by atoms with E-state index in [1.165, 1.54) is 18.3 Å². The van der Waals surface area contributed by atoms with Crippen molar-refractivity contribution in [2.75, 3.05) is 13.8 Å². The van der Waals surface area contributed by atoms with Gasteiger partial charge in [-0.05, 0) is 18.8 Å². The molecule has 2 heterocycles. The predicted octanol–water partition coefficient (Wildman–Crippen LogP) is 2.22. The van der Waals surface area contributed by atoms with E-state index in [0.717, 1.165) is 11.6 Å². The maximum Gasteiger partial charge on any atom is 0.437 e. The standard InChI is InChI=1S/C11H10F3N4O2P/c1-20-10(19)7-5-6(3-4-15-7)8-9(11(12,13)14)16-17-18(8)21-2/h3-5,21H,1-2H3. The summed E-state index contributed by atoms with van der Waals surface area (Å²) in [5.41, 5.74) is -1.23. The number of alkyl halides is 3. The van der Waals surface area contributed by atoms with Crippen LogP contribution in [0.2, 0.25) is 0 Å². The Morgan fingerprint density at radius 1 is 1.43 bits per heavy atom. The fraction of sp³-hybridized carbons (Fsp3) is 0.273. The minimum Gasteiger partial charge on any atom is -0.464 e. The van der Waals surface area contributed by atoms with Crippen LogP contribution >= 0.6 is 8.73 Å². The van der Waals surface area contributed by atoms with Gasteiger partial charge in [0.25, 0.3) is 0 Å². The van der Waals surface area contributed by atoms with Gasteiger partial charge >= 0.3 is 12.1 Å². The molecule has 0 fully saturated rings. The largest absolute Gasteiger partial charge is 0.464 e. The highest BCUT2D eigenvalue weighted by Gasteiger charge is 2.39.